The van der Waals surface area contributed by atoms with E-state index in [1.165, 1.54) is 26.6 Å². The highest BCUT2D eigenvalue weighted by Crippen LogP contribution is 2.43. The Kier molecular flexibility index (Phi) is 3.99. The van der Waals surface area contributed by atoms with Gasteiger partial charge in [-0.15, -0.1) is 0 Å². The molecule has 1 aliphatic heterocycles. The lowest BCUT2D eigenvalue weighted by molar-refractivity contribution is 0.0639. The number of nitrogens with zero attached hydrogens (tertiary/aromatic N) is 3. The highest BCUT2D eigenvalue weighted by Gasteiger charge is 2.42. The highest BCUT2D eigenvalue weighted by atomic mass is 16.5. The molecule has 0 saturated carbocycles. The molecule has 0 saturated heterocycles. The molecule has 142 valence electrons. The second-order valence-electron chi connectivity index (χ2n) is 6.04. The molecule has 2 aromatic carbocycles. The first-order chi connectivity index (χ1) is 13.5. The Morgan fingerprint density at radius 3 is 1.79 bits per heavy atom. The van der Waals surface area contributed by atoms with Crippen LogP contribution < -0.4 is 9.47 Å². The number of methoxy groups -OCH3 is 2. The summed E-state index contributed by atoms with van der Waals surface area (Å²) < 4.78 is 10.6. The fraction of sp³-hybridized carbons (Fsp3) is 0.158. The van der Waals surface area contributed by atoms with E-state index in [1.807, 2.05) is 0 Å². The van der Waals surface area contributed by atoms with Crippen molar-refractivity contribution in [2.75, 3.05) is 14.2 Å². The number of hydrogen-bond donors (Lipinski definition) is 2. The summed E-state index contributed by atoms with van der Waals surface area (Å²) in [4.78, 5) is 34.7. The molecule has 1 aromatic heterocycles. The van der Waals surface area contributed by atoms with Gasteiger partial charge in [-0.05, 0) is 12.1 Å². The van der Waals surface area contributed by atoms with Crippen molar-refractivity contribution in [3.05, 3.63) is 47.3 Å². The van der Waals surface area contributed by atoms with Gasteiger partial charge in [-0.3, -0.25) is 14.5 Å². The van der Waals surface area contributed by atoms with Crippen molar-refractivity contribution in [1.29, 1.82) is 0 Å². The number of hydrogen-bond acceptors (Lipinski definition) is 8. The van der Waals surface area contributed by atoms with Crippen LogP contribution in [0.4, 0.5) is 0 Å². The van der Waals surface area contributed by atoms with Gasteiger partial charge < -0.3 is 19.7 Å². The van der Waals surface area contributed by atoms with Gasteiger partial charge in [0, 0.05) is 12.4 Å². The molecule has 0 bridgehead atoms. The standard InChI is InChI=1S/C19H15N3O6/c1-27-10-4-3-5-11(28-2)9(10)8-22-18(25)12-13(19(22)26)17(24)15-14(16(12)23)20-6-7-21-15/h3-7,23-24H,8H2,1-2H3. The van der Waals surface area contributed by atoms with Gasteiger partial charge in [-0.2, -0.15) is 0 Å². The van der Waals surface area contributed by atoms with Gasteiger partial charge in [0.15, 0.2) is 11.5 Å². The number of carbonyl (C=O) groups excluding carboxylic acids is 2. The van der Waals surface area contributed by atoms with E-state index < -0.39 is 23.3 Å². The number of phenolic OH excluding ortho intramolecular Hbond substituents is 2. The monoisotopic (exact) mass is 381 g/mol. The minimum atomic E-state index is -0.756. The zero-order valence-electron chi connectivity index (χ0n) is 15.0. The van der Waals surface area contributed by atoms with Crippen molar-refractivity contribution in [2.45, 2.75) is 6.54 Å². The van der Waals surface area contributed by atoms with Gasteiger partial charge in [-0.1, -0.05) is 6.07 Å². The Labute approximate surface area is 158 Å². The van der Waals surface area contributed by atoms with E-state index in [4.69, 9.17) is 9.47 Å². The molecule has 0 atom stereocenters. The van der Waals surface area contributed by atoms with Crippen LogP contribution in [-0.4, -0.2) is 51.1 Å². The molecule has 1 aliphatic rings. The van der Waals surface area contributed by atoms with E-state index in [9.17, 15) is 19.8 Å². The maximum absolute atomic E-state index is 12.9. The third-order valence-electron chi connectivity index (χ3n) is 4.63. The summed E-state index contributed by atoms with van der Waals surface area (Å²) in [6.45, 7) is -0.171. The molecule has 4 rings (SSSR count). The lowest BCUT2D eigenvalue weighted by Gasteiger charge is -2.18. The Hall–Kier alpha value is -3.88. The molecule has 2 N–H and O–H groups in total. The van der Waals surface area contributed by atoms with Crippen LogP contribution in [-0.2, 0) is 6.54 Å². The number of phenols is 2. The van der Waals surface area contributed by atoms with E-state index in [2.05, 4.69) is 9.97 Å². The van der Waals surface area contributed by atoms with Crippen molar-refractivity contribution in [2.24, 2.45) is 0 Å². The van der Waals surface area contributed by atoms with Crippen molar-refractivity contribution in [3.8, 4) is 23.0 Å². The molecule has 0 unspecified atom stereocenters. The number of aromatic nitrogens is 2. The second kappa shape index (κ2) is 6.38. The third kappa shape index (κ3) is 2.33. The van der Waals surface area contributed by atoms with Crippen LogP contribution in [0, 0.1) is 0 Å². The lowest BCUT2D eigenvalue weighted by atomic mass is 10.1. The quantitative estimate of drug-likeness (QED) is 0.519. The largest absolute Gasteiger partial charge is 0.505 e. The number of aromatic hydroxyl groups is 2. The Morgan fingerprint density at radius 2 is 1.36 bits per heavy atom. The summed E-state index contributed by atoms with van der Waals surface area (Å²) in [6.07, 6.45) is 2.62. The first-order valence-corrected chi connectivity index (χ1v) is 8.24. The lowest BCUT2D eigenvalue weighted by Crippen LogP contribution is -2.29. The minimum Gasteiger partial charge on any atom is -0.505 e. The van der Waals surface area contributed by atoms with E-state index in [0.717, 1.165) is 4.90 Å². The fourth-order valence-electron chi connectivity index (χ4n) is 3.32. The van der Waals surface area contributed by atoms with Crippen molar-refractivity contribution < 1.29 is 29.3 Å². The van der Waals surface area contributed by atoms with E-state index in [-0.39, 0.29) is 28.7 Å². The first kappa shape index (κ1) is 17.5. The zero-order valence-corrected chi connectivity index (χ0v) is 15.0. The van der Waals surface area contributed by atoms with Gasteiger partial charge >= 0.3 is 0 Å². The minimum absolute atomic E-state index is 0.0587. The number of fused-ring (bicyclic) bond motifs is 2. The van der Waals surface area contributed by atoms with Gasteiger partial charge in [0.1, 0.15) is 33.7 Å². The summed E-state index contributed by atoms with van der Waals surface area (Å²) in [6, 6.07) is 5.06. The van der Waals surface area contributed by atoms with Crippen LogP contribution in [0.5, 0.6) is 23.0 Å². The number of amides is 2. The predicted molar refractivity (Wildman–Crippen MR) is 96.6 cm³/mol. The summed E-state index contributed by atoms with van der Waals surface area (Å²) in [5, 5.41) is 21.0. The Morgan fingerprint density at radius 1 is 0.893 bits per heavy atom. The fourth-order valence-corrected chi connectivity index (χ4v) is 3.32. The van der Waals surface area contributed by atoms with Crippen molar-refractivity contribution in [1.82, 2.24) is 14.9 Å². The molecule has 2 heterocycles. The van der Waals surface area contributed by atoms with Crippen LogP contribution in [0.2, 0.25) is 0 Å². The Balaban J connectivity index is 1.86. The van der Waals surface area contributed by atoms with E-state index >= 15 is 0 Å². The van der Waals surface area contributed by atoms with E-state index in [1.54, 1.807) is 18.2 Å². The van der Waals surface area contributed by atoms with Gasteiger partial charge in [0.05, 0.1) is 26.3 Å². The predicted octanol–water partition coefficient (Wildman–Crippen LogP) is 1.85. The molecule has 0 aliphatic carbocycles. The molecule has 3 aromatic rings. The van der Waals surface area contributed by atoms with Gasteiger partial charge in [-0.25, -0.2) is 9.97 Å². The number of rotatable bonds is 4. The van der Waals surface area contributed by atoms with Crippen LogP contribution in [0.25, 0.3) is 11.0 Å². The maximum atomic E-state index is 12.9. The Bertz CT molecular complexity index is 1060. The maximum Gasteiger partial charge on any atom is 0.265 e. The van der Waals surface area contributed by atoms with Gasteiger partial charge in [0.25, 0.3) is 11.8 Å². The summed E-state index contributed by atoms with van der Waals surface area (Å²) >= 11 is 0. The molecule has 0 radical (unpaired) electrons. The van der Waals surface area contributed by atoms with E-state index in [0.29, 0.717) is 17.1 Å². The number of imide groups is 1. The van der Waals surface area contributed by atoms with Gasteiger partial charge in [0.2, 0.25) is 0 Å². The molecule has 9 heteroatoms. The molecule has 0 spiro atoms. The zero-order chi connectivity index (χ0) is 20.0. The second-order valence-corrected chi connectivity index (χ2v) is 6.04. The topological polar surface area (TPSA) is 122 Å². The van der Waals surface area contributed by atoms with Crippen molar-refractivity contribution >= 4 is 22.8 Å². The van der Waals surface area contributed by atoms with Crippen LogP contribution >= 0.6 is 0 Å². The number of ether oxygens (including phenoxy) is 2. The molecule has 0 fully saturated rings. The number of benzene rings is 2. The number of carbonyl (C=O) groups is 2. The van der Waals surface area contributed by atoms with Crippen molar-refractivity contribution in [3.63, 3.8) is 0 Å². The smallest absolute Gasteiger partial charge is 0.265 e. The van der Waals surface area contributed by atoms with Crippen LogP contribution in [0.1, 0.15) is 26.3 Å². The SMILES string of the molecule is COc1cccc(OC)c1CN1C(=O)c2c(c(O)c3nccnc3c2O)C1=O. The summed E-state index contributed by atoms with van der Waals surface area (Å²) in [5.74, 6) is -1.65. The third-order valence-corrected chi connectivity index (χ3v) is 4.63. The molecular formula is C19H15N3O6. The normalized spacial score (nSPS) is 13.1. The van der Waals surface area contributed by atoms with Crippen LogP contribution in [0.15, 0.2) is 30.6 Å². The first-order valence-electron chi connectivity index (χ1n) is 8.24. The molecule has 9 nitrogen and oxygen atoms in total. The average Bonchev–Trinajstić information content (AvgIpc) is 2.97. The molecular weight excluding hydrogens is 366 g/mol. The molecule has 2 amide bonds. The highest BCUT2D eigenvalue weighted by molar-refractivity contribution is 6.26. The molecule has 28 heavy (non-hydrogen) atoms. The summed E-state index contributed by atoms with van der Waals surface area (Å²) in [5.41, 5.74) is -0.247. The summed E-state index contributed by atoms with van der Waals surface area (Å²) in [7, 11) is 2.92. The average molecular weight is 381 g/mol. The van der Waals surface area contributed by atoms with Crippen LogP contribution in [0.3, 0.4) is 0 Å².